The second-order valence-corrected chi connectivity index (χ2v) is 5.34. The number of hydrogen-bond acceptors (Lipinski definition) is 3. The zero-order valence-corrected chi connectivity index (χ0v) is 12.6. The molecule has 110 valence electrons. The van der Waals surface area contributed by atoms with E-state index in [1.165, 1.54) is 0 Å². The Morgan fingerprint density at radius 1 is 1.24 bits per heavy atom. The number of aliphatic hydroxyl groups excluding tert-OH is 1. The van der Waals surface area contributed by atoms with Gasteiger partial charge in [-0.1, -0.05) is 18.2 Å². The van der Waals surface area contributed by atoms with Crippen molar-refractivity contribution in [1.82, 2.24) is 19.6 Å². The Hall–Kier alpha value is -2.14. The monoisotopic (exact) mass is 284 g/mol. The second-order valence-electron chi connectivity index (χ2n) is 5.34. The minimum absolute atomic E-state index is 0.500. The standard InChI is InChI=1S/C16H20N4O/c1-4-20-15-8-6-5-7-12(15)14(18-20)9-16(21)13-10-19(3)17-11(13)2/h5-8,10,16,21H,4,9H2,1-3H3. The molecule has 0 saturated heterocycles. The highest BCUT2D eigenvalue weighted by Crippen LogP contribution is 2.25. The maximum absolute atomic E-state index is 10.5. The van der Waals surface area contributed by atoms with Gasteiger partial charge in [0, 0.05) is 37.2 Å². The Labute approximate surface area is 123 Å². The van der Waals surface area contributed by atoms with Crippen LogP contribution < -0.4 is 0 Å². The summed E-state index contributed by atoms with van der Waals surface area (Å²) < 4.78 is 3.71. The molecule has 5 heteroatoms. The normalized spacial score (nSPS) is 13.0. The van der Waals surface area contributed by atoms with E-state index in [1.54, 1.807) is 4.68 Å². The van der Waals surface area contributed by atoms with E-state index in [0.29, 0.717) is 6.42 Å². The van der Waals surface area contributed by atoms with Crippen molar-refractivity contribution in [2.24, 2.45) is 7.05 Å². The first-order chi connectivity index (χ1) is 10.1. The number of hydrogen-bond donors (Lipinski definition) is 1. The fourth-order valence-corrected chi connectivity index (χ4v) is 2.83. The lowest BCUT2D eigenvalue weighted by molar-refractivity contribution is 0.176. The highest BCUT2D eigenvalue weighted by atomic mass is 16.3. The van der Waals surface area contributed by atoms with Crippen LogP contribution in [0.3, 0.4) is 0 Å². The quantitative estimate of drug-likeness (QED) is 0.800. The summed E-state index contributed by atoms with van der Waals surface area (Å²) in [7, 11) is 1.87. The molecule has 2 heterocycles. The molecule has 21 heavy (non-hydrogen) atoms. The van der Waals surface area contributed by atoms with Gasteiger partial charge in [-0.3, -0.25) is 9.36 Å². The van der Waals surface area contributed by atoms with Crippen molar-refractivity contribution in [3.8, 4) is 0 Å². The molecular formula is C16H20N4O. The summed E-state index contributed by atoms with van der Waals surface area (Å²) in [5, 5.41) is 20.5. The molecule has 5 nitrogen and oxygen atoms in total. The van der Waals surface area contributed by atoms with Gasteiger partial charge in [0.05, 0.1) is 23.0 Å². The SMILES string of the molecule is CCn1nc(CC(O)c2cn(C)nc2C)c2ccccc21. The van der Waals surface area contributed by atoms with Gasteiger partial charge in [0.25, 0.3) is 0 Å². The van der Waals surface area contributed by atoms with Crippen LogP contribution in [0, 0.1) is 6.92 Å². The van der Waals surface area contributed by atoms with Crippen molar-refractivity contribution in [1.29, 1.82) is 0 Å². The molecule has 3 rings (SSSR count). The molecule has 1 aromatic carbocycles. The highest BCUT2D eigenvalue weighted by molar-refractivity contribution is 5.82. The van der Waals surface area contributed by atoms with Crippen molar-refractivity contribution in [3.05, 3.63) is 47.4 Å². The average molecular weight is 284 g/mol. The molecule has 0 bridgehead atoms. The Morgan fingerprint density at radius 3 is 2.67 bits per heavy atom. The average Bonchev–Trinajstić information content (AvgIpc) is 2.99. The van der Waals surface area contributed by atoms with Gasteiger partial charge in [-0.25, -0.2) is 0 Å². The zero-order chi connectivity index (χ0) is 15.0. The molecule has 2 aromatic heterocycles. The second kappa shape index (κ2) is 5.33. The highest BCUT2D eigenvalue weighted by Gasteiger charge is 2.18. The Kier molecular flexibility index (Phi) is 3.51. The van der Waals surface area contributed by atoms with Crippen molar-refractivity contribution in [2.75, 3.05) is 0 Å². The van der Waals surface area contributed by atoms with Gasteiger partial charge in [0.15, 0.2) is 0 Å². The minimum Gasteiger partial charge on any atom is -0.388 e. The third-order valence-electron chi connectivity index (χ3n) is 3.83. The number of aliphatic hydroxyl groups is 1. The lowest BCUT2D eigenvalue weighted by Gasteiger charge is -2.07. The van der Waals surface area contributed by atoms with E-state index in [4.69, 9.17) is 0 Å². The molecule has 1 atom stereocenters. The van der Waals surface area contributed by atoms with Gasteiger partial charge in [-0.05, 0) is 19.9 Å². The summed E-state index contributed by atoms with van der Waals surface area (Å²) in [6.45, 7) is 4.81. The van der Waals surface area contributed by atoms with Gasteiger partial charge < -0.3 is 5.11 Å². The molecule has 0 spiro atoms. The summed E-state index contributed by atoms with van der Waals surface area (Å²) in [6, 6.07) is 8.15. The summed E-state index contributed by atoms with van der Waals surface area (Å²) >= 11 is 0. The van der Waals surface area contributed by atoms with Gasteiger partial charge in [-0.2, -0.15) is 10.2 Å². The molecule has 0 aliphatic heterocycles. The predicted molar refractivity (Wildman–Crippen MR) is 82.0 cm³/mol. The van der Waals surface area contributed by atoms with Crippen LogP contribution in [-0.4, -0.2) is 24.7 Å². The van der Waals surface area contributed by atoms with Crippen molar-refractivity contribution >= 4 is 10.9 Å². The van der Waals surface area contributed by atoms with Crippen LogP contribution in [0.15, 0.2) is 30.5 Å². The fraction of sp³-hybridized carbons (Fsp3) is 0.375. The zero-order valence-electron chi connectivity index (χ0n) is 12.6. The third-order valence-corrected chi connectivity index (χ3v) is 3.83. The van der Waals surface area contributed by atoms with Crippen molar-refractivity contribution < 1.29 is 5.11 Å². The largest absolute Gasteiger partial charge is 0.388 e. The van der Waals surface area contributed by atoms with Crippen LogP contribution >= 0.6 is 0 Å². The van der Waals surface area contributed by atoms with Gasteiger partial charge in [-0.15, -0.1) is 0 Å². The first kappa shape index (κ1) is 13.8. The molecule has 0 aliphatic rings. The molecule has 3 aromatic rings. The number of aryl methyl sites for hydroxylation is 3. The lowest BCUT2D eigenvalue weighted by Crippen LogP contribution is -2.04. The van der Waals surface area contributed by atoms with E-state index in [9.17, 15) is 5.11 Å². The maximum atomic E-state index is 10.5. The first-order valence-corrected chi connectivity index (χ1v) is 7.22. The molecular weight excluding hydrogens is 264 g/mol. The number of aromatic nitrogens is 4. The number of para-hydroxylation sites is 1. The van der Waals surface area contributed by atoms with Gasteiger partial charge in [0.1, 0.15) is 0 Å². The van der Waals surface area contributed by atoms with Crippen LogP contribution in [0.4, 0.5) is 0 Å². The number of rotatable bonds is 4. The Bertz CT molecular complexity index is 772. The van der Waals surface area contributed by atoms with E-state index < -0.39 is 6.10 Å². The molecule has 0 fully saturated rings. The van der Waals surface area contributed by atoms with Crippen LogP contribution in [-0.2, 0) is 20.0 Å². The minimum atomic E-state index is -0.581. The summed E-state index contributed by atoms with van der Waals surface area (Å²) in [6.07, 6.45) is 1.79. The van der Waals surface area contributed by atoms with Crippen LogP contribution in [0.1, 0.15) is 30.0 Å². The van der Waals surface area contributed by atoms with E-state index in [0.717, 1.165) is 34.4 Å². The molecule has 0 saturated carbocycles. The Morgan fingerprint density at radius 2 is 2.00 bits per heavy atom. The molecule has 1 unspecified atom stereocenters. The van der Waals surface area contributed by atoms with Crippen LogP contribution in [0.5, 0.6) is 0 Å². The third kappa shape index (κ3) is 2.45. The van der Waals surface area contributed by atoms with E-state index in [-0.39, 0.29) is 0 Å². The van der Waals surface area contributed by atoms with E-state index in [2.05, 4.69) is 29.3 Å². The summed E-state index contributed by atoms with van der Waals surface area (Å²) in [5.74, 6) is 0. The lowest BCUT2D eigenvalue weighted by atomic mass is 10.0. The van der Waals surface area contributed by atoms with Crippen LogP contribution in [0.2, 0.25) is 0 Å². The topological polar surface area (TPSA) is 55.9 Å². The predicted octanol–water partition coefficient (Wildman–Crippen LogP) is 2.37. The van der Waals surface area contributed by atoms with E-state index >= 15 is 0 Å². The molecule has 1 N–H and O–H groups in total. The van der Waals surface area contributed by atoms with Crippen molar-refractivity contribution in [3.63, 3.8) is 0 Å². The molecule has 0 radical (unpaired) electrons. The first-order valence-electron chi connectivity index (χ1n) is 7.22. The molecule has 0 amide bonds. The fourth-order valence-electron chi connectivity index (χ4n) is 2.83. The maximum Gasteiger partial charge on any atom is 0.0879 e. The summed E-state index contributed by atoms with van der Waals surface area (Å²) in [4.78, 5) is 0. The van der Waals surface area contributed by atoms with Gasteiger partial charge >= 0.3 is 0 Å². The number of nitrogens with zero attached hydrogens (tertiary/aromatic N) is 4. The van der Waals surface area contributed by atoms with Gasteiger partial charge in [0.2, 0.25) is 0 Å². The Balaban J connectivity index is 1.96. The van der Waals surface area contributed by atoms with E-state index in [1.807, 2.05) is 37.0 Å². The smallest absolute Gasteiger partial charge is 0.0879 e. The molecule has 0 aliphatic carbocycles. The van der Waals surface area contributed by atoms with Crippen LogP contribution in [0.25, 0.3) is 10.9 Å². The summed E-state index contributed by atoms with van der Waals surface area (Å²) in [5.41, 5.74) is 3.78. The number of fused-ring (bicyclic) bond motifs is 1. The number of benzene rings is 1. The van der Waals surface area contributed by atoms with Crippen molar-refractivity contribution in [2.45, 2.75) is 32.9 Å².